The second-order valence-electron chi connectivity index (χ2n) is 4.20. The number of hydrogen-bond acceptors (Lipinski definition) is 3. The minimum Gasteiger partial charge on any atom is -0.480 e. The van der Waals surface area contributed by atoms with E-state index >= 15 is 0 Å². The van der Waals surface area contributed by atoms with Crippen molar-refractivity contribution in [2.45, 2.75) is 25.1 Å². The van der Waals surface area contributed by atoms with Crippen molar-refractivity contribution >= 4 is 17.7 Å². The Bertz CT molecular complexity index is 377. The lowest BCUT2D eigenvalue weighted by molar-refractivity contribution is -0.141. The first-order valence-corrected chi connectivity index (χ1v) is 6.23. The molecule has 3 N–H and O–H groups in total. The molecule has 1 rings (SSSR count). The summed E-state index contributed by atoms with van der Waals surface area (Å²) in [5.74, 6) is 0.252. The average Bonchev–Trinajstić information content (AvgIpc) is 2.17. The van der Waals surface area contributed by atoms with Gasteiger partial charge in [-0.15, -0.1) is 0 Å². The first-order chi connectivity index (χ1) is 7.42. The van der Waals surface area contributed by atoms with Crippen LogP contribution in [0, 0.1) is 6.92 Å². The molecule has 0 spiro atoms. The average molecular weight is 239 g/mol. The number of hydrogen-bond donors (Lipinski definition) is 2. The molecule has 0 aliphatic rings. The van der Waals surface area contributed by atoms with Gasteiger partial charge in [-0.05, 0) is 19.4 Å². The van der Waals surface area contributed by atoms with Crippen molar-refractivity contribution in [1.29, 1.82) is 0 Å². The van der Waals surface area contributed by atoms with Crippen LogP contribution >= 0.6 is 11.8 Å². The van der Waals surface area contributed by atoms with E-state index in [-0.39, 0.29) is 0 Å². The number of carboxylic acid groups (broad SMARTS) is 1. The van der Waals surface area contributed by atoms with Crippen LogP contribution in [0.5, 0.6) is 0 Å². The number of aliphatic carboxylic acids is 1. The second-order valence-corrected chi connectivity index (χ2v) is 5.19. The number of rotatable bonds is 5. The highest BCUT2D eigenvalue weighted by Gasteiger charge is 2.27. The smallest absolute Gasteiger partial charge is 0.324 e. The van der Waals surface area contributed by atoms with E-state index in [2.05, 4.69) is 6.07 Å². The van der Waals surface area contributed by atoms with Crippen LogP contribution in [-0.2, 0) is 10.5 Å². The van der Waals surface area contributed by atoms with Gasteiger partial charge in [0.15, 0.2) is 0 Å². The fraction of sp³-hybridized carbons (Fsp3) is 0.417. The fourth-order valence-electron chi connectivity index (χ4n) is 1.24. The van der Waals surface area contributed by atoms with Gasteiger partial charge in [0.05, 0.1) is 0 Å². The second kappa shape index (κ2) is 5.37. The van der Waals surface area contributed by atoms with Crippen molar-refractivity contribution in [1.82, 2.24) is 0 Å². The molecule has 3 nitrogen and oxygen atoms in total. The Labute approximate surface area is 100 Å². The van der Waals surface area contributed by atoms with Gasteiger partial charge in [-0.25, -0.2) is 0 Å². The van der Waals surface area contributed by atoms with Crippen LogP contribution in [-0.4, -0.2) is 22.4 Å². The molecule has 0 saturated heterocycles. The third-order valence-electron chi connectivity index (χ3n) is 2.24. The topological polar surface area (TPSA) is 63.3 Å². The van der Waals surface area contributed by atoms with E-state index in [0.717, 1.165) is 5.75 Å². The minimum atomic E-state index is -1.14. The number of carboxylic acids is 1. The highest BCUT2D eigenvalue weighted by Crippen LogP contribution is 2.17. The molecule has 0 aliphatic heterocycles. The Hall–Kier alpha value is -1.00. The molecule has 0 fully saturated rings. The van der Waals surface area contributed by atoms with Crippen molar-refractivity contribution in [3.63, 3.8) is 0 Å². The Kier molecular flexibility index (Phi) is 4.38. The maximum absolute atomic E-state index is 10.8. The van der Waals surface area contributed by atoms with E-state index in [1.54, 1.807) is 18.7 Å². The van der Waals surface area contributed by atoms with Crippen molar-refractivity contribution in [2.75, 3.05) is 5.75 Å². The van der Waals surface area contributed by atoms with E-state index in [0.29, 0.717) is 5.75 Å². The van der Waals surface area contributed by atoms with E-state index in [9.17, 15) is 4.79 Å². The molecule has 1 aromatic rings. The molecule has 0 aliphatic carbocycles. The lowest BCUT2D eigenvalue weighted by Gasteiger charge is -2.18. The summed E-state index contributed by atoms with van der Waals surface area (Å²) in [6, 6.07) is 8.18. The summed E-state index contributed by atoms with van der Waals surface area (Å²) in [6.45, 7) is 3.58. The predicted octanol–water partition coefficient (Wildman–Crippen LogP) is 2.03. The normalized spacial score (nSPS) is 14.4. The van der Waals surface area contributed by atoms with Gasteiger partial charge in [-0.2, -0.15) is 11.8 Å². The largest absolute Gasteiger partial charge is 0.480 e. The highest BCUT2D eigenvalue weighted by atomic mass is 32.2. The van der Waals surface area contributed by atoms with Gasteiger partial charge < -0.3 is 10.8 Å². The number of aryl methyl sites for hydroxylation is 1. The summed E-state index contributed by atoms with van der Waals surface area (Å²) in [4.78, 5) is 10.8. The van der Waals surface area contributed by atoms with Gasteiger partial charge in [0.25, 0.3) is 0 Å². The summed E-state index contributed by atoms with van der Waals surface area (Å²) in [5, 5.41) is 8.84. The van der Waals surface area contributed by atoms with Crippen molar-refractivity contribution in [2.24, 2.45) is 5.73 Å². The van der Waals surface area contributed by atoms with Gasteiger partial charge in [-0.3, -0.25) is 4.79 Å². The summed E-state index contributed by atoms with van der Waals surface area (Å²) < 4.78 is 0. The summed E-state index contributed by atoms with van der Waals surface area (Å²) in [6.07, 6.45) is 0. The van der Waals surface area contributed by atoms with E-state index in [1.807, 2.05) is 25.1 Å². The van der Waals surface area contributed by atoms with Gasteiger partial charge in [0, 0.05) is 11.5 Å². The zero-order chi connectivity index (χ0) is 12.2. The lowest BCUT2D eigenvalue weighted by Crippen LogP contribution is -2.47. The molecular weight excluding hydrogens is 222 g/mol. The van der Waals surface area contributed by atoms with E-state index < -0.39 is 11.5 Å². The molecule has 0 amide bonds. The van der Waals surface area contributed by atoms with Crippen molar-refractivity contribution in [3.05, 3.63) is 35.4 Å². The highest BCUT2D eigenvalue weighted by molar-refractivity contribution is 7.98. The van der Waals surface area contributed by atoms with Crippen LogP contribution in [0.2, 0.25) is 0 Å². The van der Waals surface area contributed by atoms with Crippen LogP contribution in [0.25, 0.3) is 0 Å². The number of thioether (sulfide) groups is 1. The third kappa shape index (κ3) is 3.87. The molecule has 1 aromatic carbocycles. The zero-order valence-corrected chi connectivity index (χ0v) is 10.4. The summed E-state index contributed by atoms with van der Waals surface area (Å²) in [5.41, 5.74) is 6.90. The number of nitrogens with two attached hydrogens (primary N) is 1. The van der Waals surface area contributed by atoms with Crippen LogP contribution in [0.3, 0.4) is 0 Å². The molecule has 0 bridgehead atoms. The van der Waals surface area contributed by atoms with Crippen molar-refractivity contribution in [3.8, 4) is 0 Å². The molecule has 16 heavy (non-hydrogen) atoms. The van der Waals surface area contributed by atoms with E-state index in [4.69, 9.17) is 10.8 Å². The summed E-state index contributed by atoms with van der Waals surface area (Å²) in [7, 11) is 0. The molecule has 0 radical (unpaired) electrons. The van der Waals surface area contributed by atoms with Gasteiger partial charge in [-0.1, -0.05) is 29.8 Å². The molecule has 1 unspecified atom stereocenters. The monoisotopic (exact) mass is 239 g/mol. The SMILES string of the molecule is Cc1cccc(CSCC(C)(N)C(=O)O)c1. The molecule has 0 aromatic heterocycles. The third-order valence-corrected chi connectivity index (χ3v) is 3.58. The van der Waals surface area contributed by atoms with Crippen LogP contribution in [0.1, 0.15) is 18.1 Å². The Morgan fingerprint density at radius 2 is 2.25 bits per heavy atom. The van der Waals surface area contributed by atoms with Gasteiger partial charge in [0.2, 0.25) is 0 Å². The zero-order valence-electron chi connectivity index (χ0n) is 9.56. The van der Waals surface area contributed by atoms with Crippen molar-refractivity contribution < 1.29 is 9.90 Å². The maximum Gasteiger partial charge on any atom is 0.324 e. The molecule has 4 heteroatoms. The molecule has 0 saturated carbocycles. The number of carbonyl (C=O) groups is 1. The maximum atomic E-state index is 10.8. The predicted molar refractivity (Wildman–Crippen MR) is 67.6 cm³/mol. The standard InChI is InChI=1S/C12H17NO2S/c1-9-4-3-5-10(6-9)7-16-8-12(2,13)11(14)15/h3-6H,7-8,13H2,1-2H3,(H,14,15). The molecule has 1 atom stereocenters. The molecule has 0 heterocycles. The van der Waals surface area contributed by atoms with E-state index in [1.165, 1.54) is 11.1 Å². The fourth-order valence-corrected chi connectivity index (χ4v) is 2.31. The van der Waals surface area contributed by atoms with Crippen LogP contribution < -0.4 is 5.73 Å². The summed E-state index contributed by atoms with van der Waals surface area (Å²) >= 11 is 1.54. The van der Waals surface area contributed by atoms with Crippen LogP contribution in [0.15, 0.2) is 24.3 Å². The molecular formula is C12H17NO2S. The lowest BCUT2D eigenvalue weighted by atomic mass is 10.1. The quantitative estimate of drug-likeness (QED) is 0.825. The van der Waals surface area contributed by atoms with Crippen LogP contribution in [0.4, 0.5) is 0 Å². The van der Waals surface area contributed by atoms with Gasteiger partial charge >= 0.3 is 5.97 Å². The number of benzene rings is 1. The Morgan fingerprint density at radius 3 is 2.81 bits per heavy atom. The molecule has 88 valence electrons. The Balaban J connectivity index is 2.45. The van der Waals surface area contributed by atoms with Gasteiger partial charge in [0.1, 0.15) is 5.54 Å². The Morgan fingerprint density at radius 1 is 1.56 bits per heavy atom. The first kappa shape index (κ1) is 13.1. The minimum absolute atomic E-state index is 0.413. The first-order valence-electron chi connectivity index (χ1n) is 5.07.